The molecule has 0 aliphatic carbocycles. The third-order valence-electron chi connectivity index (χ3n) is 3.35. The molecule has 2 atom stereocenters. The molecule has 21 heavy (non-hydrogen) atoms. The van der Waals surface area contributed by atoms with Crippen molar-refractivity contribution in [2.45, 2.75) is 13.0 Å². The minimum Gasteiger partial charge on any atom is -0.465 e. The molecule has 1 aliphatic rings. The summed E-state index contributed by atoms with van der Waals surface area (Å²) in [5.74, 6) is -1.65. The van der Waals surface area contributed by atoms with Gasteiger partial charge in [-0.2, -0.15) is 10.1 Å². The molecule has 1 aliphatic heterocycles. The van der Waals surface area contributed by atoms with Crippen LogP contribution in [0.4, 0.5) is 5.95 Å². The first-order chi connectivity index (χ1) is 10.2. The molecular formula is C14H14N4O3. The second kappa shape index (κ2) is 5.35. The summed E-state index contributed by atoms with van der Waals surface area (Å²) in [5, 5.41) is 6.70. The molecule has 3 rings (SSSR count). The first-order valence-electron chi connectivity index (χ1n) is 6.64. The van der Waals surface area contributed by atoms with Crippen molar-refractivity contribution in [3.8, 4) is 0 Å². The summed E-state index contributed by atoms with van der Waals surface area (Å²) in [6.45, 7) is 1.92. The molecule has 0 spiro atoms. The highest BCUT2D eigenvalue weighted by atomic mass is 16.5. The molecule has 2 heterocycles. The Hall–Kier alpha value is -2.70. The Morgan fingerprint density at radius 1 is 1.38 bits per heavy atom. The lowest BCUT2D eigenvalue weighted by Gasteiger charge is -2.30. The van der Waals surface area contributed by atoms with E-state index < -0.39 is 23.8 Å². The van der Waals surface area contributed by atoms with Crippen molar-refractivity contribution in [1.82, 2.24) is 14.8 Å². The smallest absolute Gasteiger partial charge is 0.321 e. The van der Waals surface area contributed by atoms with Gasteiger partial charge in [0.2, 0.25) is 11.9 Å². The van der Waals surface area contributed by atoms with Gasteiger partial charge >= 0.3 is 5.97 Å². The summed E-state index contributed by atoms with van der Waals surface area (Å²) in [6.07, 6.45) is 1.35. The van der Waals surface area contributed by atoms with Crippen LogP contribution in [0.5, 0.6) is 0 Å². The van der Waals surface area contributed by atoms with E-state index in [9.17, 15) is 9.59 Å². The Kier molecular flexibility index (Phi) is 3.39. The molecule has 1 aromatic heterocycles. The zero-order valence-electron chi connectivity index (χ0n) is 11.4. The highest BCUT2D eigenvalue weighted by molar-refractivity contribution is 6.06. The average Bonchev–Trinajstić information content (AvgIpc) is 2.94. The van der Waals surface area contributed by atoms with Gasteiger partial charge in [0.15, 0.2) is 5.92 Å². The predicted molar refractivity (Wildman–Crippen MR) is 73.4 cm³/mol. The van der Waals surface area contributed by atoms with Gasteiger partial charge in [-0.1, -0.05) is 30.3 Å². The highest BCUT2D eigenvalue weighted by Crippen LogP contribution is 2.33. The fourth-order valence-electron chi connectivity index (χ4n) is 2.47. The van der Waals surface area contributed by atoms with E-state index in [4.69, 9.17) is 4.74 Å². The molecule has 0 fully saturated rings. The van der Waals surface area contributed by atoms with Crippen molar-refractivity contribution >= 4 is 17.8 Å². The van der Waals surface area contributed by atoms with E-state index in [0.29, 0.717) is 5.95 Å². The summed E-state index contributed by atoms with van der Waals surface area (Å²) < 4.78 is 6.57. The second-order valence-electron chi connectivity index (χ2n) is 4.60. The molecule has 7 nitrogen and oxygen atoms in total. The van der Waals surface area contributed by atoms with Crippen LogP contribution in [0, 0.1) is 5.92 Å². The summed E-state index contributed by atoms with van der Waals surface area (Å²) in [4.78, 5) is 28.4. The summed E-state index contributed by atoms with van der Waals surface area (Å²) in [7, 11) is 0. The Morgan fingerprint density at radius 2 is 2.14 bits per heavy atom. The number of hydrogen-bond acceptors (Lipinski definition) is 5. The molecule has 0 radical (unpaired) electrons. The number of ether oxygens (including phenoxy) is 1. The van der Waals surface area contributed by atoms with E-state index in [1.807, 2.05) is 30.3 Å². The van der Waals surface area contributed by atoms with Crippen LogP contribution < -0.4 is 5.32 Å². The third-order valence-corrected chi connectivity index (χ3v) is 3.35. The van der Waals surface area contributed by atoms with Gasteiger partial charge in [0.05, 0.1) is 6.61 Å². The van der Waals surface area contributed by atoms with E-state index >= 15 is 0 Å². The standard InChI is InChI=1S/C14H14N4O3/c1-2-21-13(20)10-11(9-6-4-3-5-7-9)18-14(15-8-16-18)17-12(10)19/h3-8,10-11H,2H2,1H3,(H,15,16,17,19)/t10-,11-/m0/s1. The first-order valence-corrected chi connectivity index (χ1v) is 6.64. The molecule has 1 amide bonds. The molecule has 108 valence electrons. The third kappa shape index (κ3) is 2.26. The van der Waals surface area contributed by atoms with Gasteiger partial charge in [0.1, 0.15) is 12.4 Å². The summed E-state index contributed by atoms with van der Waals surface area (Å²) >= 11 is 0. The largest absolute Gasteiger partial charge is 0.465 e. The predicted octanol–water partition coefficient (Wildman–Crippen LogP) is 0.999. The number of fused-ring (bicyclic) bond motifs is 1. The van der Waals surface area contributed by atoms with Crippen molar-refractivity contribution in [3.05, 3.63) is 42.2 Å². The lowest BCUT2D eigenvalue weighted by atomic mass is 9.91. The Bertz CT molecular complexity index is 668. The van der Waals surface area contributed by atoms with Crippen LogP contribution in [0.25, 0.3) is 0 Å². The van der Waals surface area contributed by atoms with Gasteiger partial charge in [0.25, 0.3) is 0 Å². The zero-order chi connectivity index (χ0) is 14.8. The summed E-state index contributed by atoms with van der Waals surface area (Å²) in [5.41, 5.74) is 0.803. The maximum Gasteiger partial charge on any atom is 0.321 e. The molecular weight excluding hydrogens is 272 g/mol. The number of nitrogens with one attached hydrogen (secondary N) is 1. The van der Waals surface area contributed by atoms with Gasteiger partial charge in [-0.25, -0.2) is 4.68 Å². The van der Waals surface area contributed by atoms with Gasteiger partial charge in [-0.15, -0.1) is 0 Å². The van der Waals surface area contributed by atoms with Crippen LogP contribution in [0.15, 0.2) is 36.7 Å². The van der Waals surface area contributed by atoms with Crippen LogP contribution in [-0.4, -0.2) is 33.2 Å². The summed E-state index contributed by atoms with van der Waals surface area (Å²) in [6, 6.07) is 8.70. The van der Waals surface area contributed by atoms with Crippen LogP contribution in [0.3, 0.4) is 0 Å². The van der Waals surface area contributed by atoms with Gasteiger partial charge in [0, 0.05) is 0 Å². The number of benzene rings is 1. The van der Waals surface area contributed by atoms with Gasteiger partial charge < -0.3 is 4.74 Å². The number of anilines is 1. The number of carbonyl (C=O) groups excluding carboxylic acids is 2. The van der Waals surface area contributed by atoms with Gasteiger partial charge in [-0.05, 0) is 12.5 Å². The lowest BCUT2D eigenvalue weighted by molar-refractivity contribution is -0.152. The van der Waals surface area contributed by atoms with Crippen molar-refractivity contribution in [1.29, 1.82) is 0 Å². The number of esters is 1. The van der Waals surface area contributed by atoms with Crippen LogP contribution in [0.1, 0.15) is 18.5 Å². The number of hydrogen-bond donors (Lipinski definition) is 1. The van der Waals surface area contributed by atoms with E-state index in [1.54, 1.807) is 11.6 Å². The molecule has 1 N–H and O–H groups in total. The van der Waals surface area contributed by atoms with E-state index in [1.165, 1.54) is 6.33 Å². The Labute approximate surface area is 120 Å². The van der Waals surface area contributed by atoms with Crippen LogP contribution >= 0.6 is 0 Å². The normalized spacial score (nSPS) is 20.5. The van der Waals surface area contributed by atoms with E-state index in [2.05, 4.69) is 15.4 Å². The molecule has 0 bridgehead atoms. The van der Waals surface area contributed by atoms with Crippen molar-refractivity contribution in [2.75, 3.05) is 11.9 Å². The molecule has 0 saturated heterocycles. The molecule has 0 saturated carbocycles. The van der Waals surface area contributed by atoms with E-state index in [0.717, 1.165) is 5.56 Å². The van der Waals surface area contributed by atoms with Crippen molar-refractivity contribution in [3.63, 3.8) is 0 Å². The Balaban J connectivity index is 2.09. The number of nitrogens with zero attached hydrogens (tertiary/aromatic N) is 3. The zero-order valence-corrected chi connectivity index (χ0v) is 11.4. The number of amides is 1. The number of aromatic nitrogens is 3. The number of rotatable bonds is 3. The van der Waals surface area contributed by atoms with E-state index in [-0.39, 0.29) is 6.61 Å². The van der Waals surface area contributed by atoms with Crippen LogP contribution in [-0.2, 0) is 14.3 Å². The molecule has 0 unspecified atom stereocenters. The minimum atomic E-state index is -0.985. The average molecular weight is 286 g/mol. The van der Waals surface area contributed by atoms with Gasteiger partial charge in [-0.3, -0.25) is 14.9 Å². The molecule has 1 aromatic carbocycles. The van der Waals surface area contributed by atoms with Crippen LogP contribution in [0.2, 0.25) is 0 Å². The topological polar surface area (TPSA) is 86.1 Å². The highest BCUT2D eigenvalue weighted by Gasteiger charge is 2.43. The van der Waals surface area contributed by atoms with Crippen molar-refractivity contribution < 1.29 is 14.3 Å². The quantitative estimate of drug-likeness (QED) is 0.672. The number of carbonyl (C=O) groups is 2. The second-order valence-corrected chi connectivity index (χ2v) is 4.60. The monoisotopic (exact) mass is 286 g/mol. The molecule has 2 aromatic rings. The maximum absolute atomic E-state index is 12.3. The minimum absolute atomic E-state index is 0.217. The maximum atomic E-state index is 12.3. The lowest BCUT2D eigenvalue weighted by Crippen LogP contribution is -2.43. The van der Waals surface area contributed by atoms with Crippen molar-refractivity contribution in [2.24, 2.45) is 5.92 Å². The fraction of sp³-hybridized carbons (Fsp3) is 0.286. The fourth-order valence-corrected chi connectivity index (χ4v) is 2.47. The Morgan fingerprint density at radius 3 is 2.86 bits per heavy atom. The first kappa shape index (κ1) is 13.3. The molecule has 7 heteroatoms. The SMILES string of the molecule is CCOC(=O)[C@@H]1C(=O)Nc2ncnn2[C@H]1c1ccccc1.